The molecular weight excluding hydrogens is 441 g/mol. The lowest BCUT2D eigenvalue weighted by Crippen LogP contribution is -2.44. The van der Waals surface area contributed by atoms with E-state index in [4.69, 9.17) is 4.98 Å². The van der Waals surface area contributed by atoms with Crippen LogP contribution in [0.1, 0.15) is 22.5 Å². The Kier molecular flexibility index (Phi) is 5.23. The van der Waals surface area contributed by atoms with Crippen LogP contribution in [0.3, 0.4) is 0 Å². The van der Waals surface area contributed by atoms with E-state index in [-0.39, 0.29) is 11.7 Å². The van der Waals surface area contributed by atoms with Crippen LogP contribution >= 0.6 is 0 Å². The van der Waals surface area contributed by atoms with Crippen molar-refractivity contribution in [2.24, 2.45) is 0 Å². The van der Waals surface area contributed by atoms with E-state index in [0.29, 0.717) is 30.0 Å². The SMILES string of the molecule is O=C1C(Cc2ccc(F)cc2)Nc2c(-c3cccc4ccccc34)nc(C3=CCC(O)C=C3)c[n+]21. The number of carbonyl (C=O) groups is 1. The molecule has 4 aromatic rings. The van der Waals surface area contributed by atoms with Gasteiger partial charge in [-0.25, -0.2) is 14.2 Å². The van der Waals surface area contributed by atoms with Crippen LogP contribution in [0.2, 0.25) is 0 Å². The summed E-state index contributed by atoms with van der Waals surface area (Å²) in [6.45, 7) is 0. The third kappa shape index (κ3) is 3.92. The maximum Gasteiger partial charge on any atom is 0.359 e. The van der Waals surface area contributed by atoms with Crippen molar-refractivity contribution in [3.05, 3.63) is 108 Å². The first kappa shape index (κ1) is 21.4. The van der Waals surface area contributed by atoms with Crippen LogP contribution in [-0.4, -0.2) is 28.1 Å². The number of aliphatic hydroxyl groups excluding tert-OH is 1. The van der Waals surface area contributed by atoms with E-state index in [0.717, 1.165) is 27.5 Å². The molecule has 0 saturated carbocycles. The van der Waals surface area contributed by atoms with E-state index in [2.05, 4.69) is 23.5 Å². The zero-order chi connectivity index (χ0) is 23.9. The normalized spacial score (nSPS) is 18.9. The van der Waals surface area contributed by atoms with E-state index >= 15 is 0 Å². The van der Waals surface area contributed by atoms with Crippen molar-refractivity contribution in [3.63, 3.8) is 0 Å². The molecule has 6 rings (SSSR count). The Morgan fingerprint density at radius 1 is 1.06 bits per heavy atom. The van der Waals surface area contributed by atoms with Gasteiger partial charge in [0.15, 0.2) is 11.7 Å². The van der Waals surface area contributed by atoms with Crippen molar-refractivity contribution in [2.45, 2.75) is 25.0 Å². The van der Waals surface area contributed by atoms with Gasteiger partial charge in [0, 0.05) is 12.0 Å². The van der Waals surface area contributed by atoms with Crippen LogP contribution in [0.15, 0.2) is 91.2 Å². The maximum absolute atomic E-state index is 13.5. The highest BCUT2D eigenvalue weighted by Gasteiger charge is 2.41. The predicted octanol–water partition coefficient (Wildman–Crippen LogP) is 4.71. The van der Waals surface area contributed by atoms with Gasteiger partial charge in [-0.15, -0.1) is 0 Å². The molecular formula is C29H23FN3O2+. The van der Waals surface area contributed by atoms with E-state index in [1.54, 1.807) is 29.0 Å². The Hall–Kier alpha value is -4.16. The quantitative estimate of drug-likeness (QED) is 0.430. The molecule has 3 aromatic carbocycles. The molecule has 0 fully saturated rings. The summed E-state index contributed by atoms with van der Waals surface area (Å²) >= 11 is 0. The van der Waals surface area contributed by atoms with Crippen molar-refractivity contribution in [2.75, 3.05) is 5.32 Å². The fraction of sp³-hybridized carbons (Fsp3) is 0.138. The smallest absolute Gasteiger partial charge is 0.359 e. The van der Waals surface area contributed by atoms with Crippen molar-refractivity contribution in [1.29, 1.82) is 0 Å². The largest absolute Gasteiger partial charge is 0.389 e. The molecule has 6 heteroatoms. The third-order valence-corrected chi connectivity index (χ3v) is 6.57. The van der Waals surface area contributed by atoms with Crippen LogP contribution < -0.4 is 9.88 Å². The molecule has 1 aliphatic heterocycles. The summed E-state index contributed by atoms with van der Waals surface area (Å²) in [6.07, 6.45) is 7.70. The van der Waals surface area contributed by atoms with Gasteiger partial charge in [0.1, 0.15) is 17.7 Å². The first-order valence-corrected chi connectivity index (χ1v) is 11.6. The minimum absolute atomic E-state index is 0.0881. The number of halogens is 1. The molecule has 2 heterocycles. The number of nitrogens with one attached hydrogen (secondary N) is 1. The summed E-state index contributed by atoms with van der Waals surface area (Å²) in [4.78, 5) is 18.5. The highest BCUT2D eigenvalue weighted by atomic mass is 19.1. The van der Waals surface area contributed by atoms with Gasteiger partial charge >= 0.3 is 11.7 Å². The van der Waals surface area contributed by atoms with Gasteiger partial charge in [-0.1, -0.05) is 72.8 Å². The van der Waals surface area contributed by atoms with Gasteiger partial charge in [-0.3, -0.25) is 5.32 Å². The summed E-state index contributed by atoms with van der Waals surface area (Å²) in [7, 11) is 0. The molecule has 2 aliphatic rings. The number of hydrogen-bond donors (Lipinski definition) is 2. The first-order valence-electron chi connectivity index (χ1n) is 11.6. The molecule has 1 aromatic heterocycles. The molecule has 2 atom stereocenters. The number of nitrogens with zero attached hydrogens (tertiary/aromatic N) is 2. The minimum Gasteiger partial charge on any atom is -0.389 e. The Labute approximate surface area is 201 Å². The van der Waals surface area contributed by atoms with Gasteiger partial charge in [0.05, 0.1) is 6.10 Å². The van der Waals surface area contributed by atoms with Gasteiger partial charge in [0.2, 0.25) is 0 Å². The number of rotatable bonds is 4. The van der Waals surface area contributed by atoms with Crippen molar-refractivity contribution >= 4 is 28.1 Å². The monoisotopic (exact) mass is 464 g/mol. The summed E-state index contributed by atoms with van der Waals surface area (Å²) in [6, 6.07) is 19.9. The molecule has 172 valence electrons. The number of allylic oxidation sites excluding steroid dienone is 2. The molecule has 5 nitrogen and oxygen atoms in total. The summed E-state index contributed by atoms with van der Waals surface area (Å²) in [5, 5.41) is 15.4. The molecule has 2 unspecified atom stereocenters. The average Bonchev–Trinajstić information content (AvgIpc) is 3.20. The molecule has 0 bridgehead atoms. The second kappa shape index (κ2) is 8.56. The Balaban J connectivity index is 1.49. The lowest BCUT2D eigenvalue weighted by molar-refractivity contribution is -0.552. The van der Waals surface area contributed by atoms with E-state index in [1.165, 1.54) is 12.1 Å². The Morgan fingerprint density at radius 2 is 1.86 bits per heavy atom. The molecule has 2 N–H and O–H groups in total. The molecule has 35 heavy (non-hydrogen) atoms. The van der Waals surface area contributed by atoms with Crippen LogP contribution in [0.25, 0.3) is 27.6 Å². The Bertz CT molecular complexity index is 1520. The highest BCUT2D eigenvalue weighted by molar-refractivity contribution is 5.99. The Morgan fingerprint density at radius 3 is 2.66 bits per heavy atom. The van der Waals surface area contributed by atoms with Crippen LogP contribution in [0.5, 0.6) is 0 Å². The van der Waals surface area contributed by atoms with E-state index in [1.807, 2.05) is 36.4 Å². The fourth-order valence-electron chi connectivity index (χ4n) is 4.76. The summed E-state index contributed by atoms with van der Waals surface area (Å²) in [5.41, 5.74) is 4.02. The highest BCUT2D eigenvalue weighted by Crippen LogP contribution is 2.34. The molecule has 0 amide bonds. The number of fused-ring (bicyclic) bond motifs is 2. The zero-order valence-corrected chi connectivity index (χ0v) is 18.9. The van der Waals surface area contributed by atoms with E-state index < -0.39 is 12.1 Å². The topological polar surface area (TPSA) is 66.1 Å². The lowest BCUT2D eigenvalue weighted by Gasteiger charge is -2.13. The zero-order valence-electron chi connectivity index (χ0n) is 18.9. The van der Waals surface area contributed by atoms with Crippen LogP contribution in [0, 0.1) is 5.82 Å². The minimum atomic E-state index is -0.512. The molecule has 0 saturated heterocycles. The first-order chi connectivity index (χ1) is 17.1. The summed E-state index contributed by atoms with van der Waals surface area (Å²) in [5.74, 6) is 0.251. The van der Waals surface area contributed by atoms with Crippen molar-refractivity contribution in [1.82, 2.24) is 4.98 Å². The van der Waals surface area contributed by atoms with Gasteiger partial charge in [-0.2, -0.15) is 4.57 Å². The van der Waals surface area contributed by atoms with Crippen molar-refractivity contribution in [3.8, 4) is 11.3 Å². The van der Waals surface area contributed by atoms with E-state index in [9.17, 15) is 14.3 Å². The van der Waals surface area contributed by atoms with Crippen LogP contribution in [-0.2, 0) is 6.42 Å². The maximum atomic E-state index is 13.5. The second-order valence-corrected chi connectivity index (χ2v) is 8.91. The van der Waals surface area contributed by atoms with Gasteiger partial charge in [0.25, 0.3) is 0 Å². The number of aromatic nitrogens is 2. The fourth-order valence-corrected chi connectivity index (χ4v) is 4.76. The third-order valence-electron chi connectivity index (χ3n) is 6.57. The number of hydrogen-bond acceptors (Lipinski definition) is 4. The average molecular weight is 465 g/mol. The number of carbonyl (C=O) groups excluding carboxylic acids is 1. The molecule has 0 radical (unpaired) electrons. The van der Waals surface area contributed by atoms with Gasteiger partial charge in [-0.05, 0) is 40.5 Å². The van der Waals surface area contributed by atoms with Crippen LogP contribution in [0.4, 0.5) is 10.2 Å². The standard InChI is InChI=1S/C29H22FN3O2/c30-21-12-8-18(9-13-21)16-25-29(35)33-17-26(20-10-14-22(34)15-11-20)31-27(28(33)32-25)24-7-3-5-19-4-1-2-6-23(19)24/h1-14,17,22,25,34H,15-16H2/p+1. The number of benzene rings is 3. The van der Waals surface area contributed by atoms with Gasteiger partial charge < -0.3 is 5.11 Å². The number of aliphatic hydroxyl groups is 1. The van der Waals surface area contributed by atoms with Crippen molar-refractivity contribution < 1.29 is 18.9 Å². The number of anilines is 1. The molecule has 0 spiro atoms. The lowest BCUT2D eigenvalue weighted by atomic mass is 10.00. The second-order valence-electron chi connectivity index (χ2n) is 8.91. The predicted molar refractivity (Wildman–Crippen MR) is 133 cm³/mol. The molecule has 1 aliphatic carbocycles. The summed E-state index contributed by atoms with van der Waals surface area (Å²) < 4.78 is 15.0.